The van der Waals surface area contributed by atoms with Crippen molar-refractivity contribution in [2.45, 2.75) is 63.4 Å². The number of halogens is 2. The zero-order valence-electron chi connectivity index (χ0n) is 18.4. The Morgan fingerprint density at radius 1 is 0.969 bits per heavy atom. The maximum atomic E-state index is 13.2. The van der Waals surface area contributed by atoms with Crippen molar-refractivity contribution in [3.8, 4) is 0 Å². The first-order chi connectivity index (χ1) is 15.4. The lowest BCUT2D eigenvalue weighted by molar-refractivity contribution is -0.139. The van der Waals surface area contributed by atoms with Crippen molar-refractivity contribution < 1.29 is 9.59 Å². The summed E-state index contributed by atoms with van der Waals surface area (Å²) in [6.45, 7) is 2.19. The van der Waals surface area contributed by atoms with Crippen LogP contribution in [0.2, 0.25) is 10.0 Å². The predicted molar refractivity (Wildman–Crippen MR) is 134 cm³/mol. The fourth-order valence-corrected chi connectivity index (χ4v) is 4.98. The lowest BCUT2D eigenvalue weighted by Crippen LogP contribution is -2.50. The third kappa shape index (κ3) is 7.72. The highest BCUT2D eigenvalue weighted by Crippen LogP contribution is 2.20. The molecule has 0 radical (unpaired) electrons. The SMILES string of the molecule is CC(C(=O)NC1CCCCC1)N(Cc1ccc(Cl)cc1)C(=O)CSCc1ccc(Cl)cc1. The van der Waals surface area contributed by atoms with E-state index in [4.69, 9.17) is 23.2 Å². The lowest BCUT2D eigenvalue weighted by atomic mass is 9.95. The van der Waals surface area contributed by atoms with Crippen LogP contribution in [0.25, 0.3) is 0 Å². The molecule has 1 aliphatic carbocycles. The van der Waals surface area contributed by atoms with Gasteiger partial charge in [-0.25, -0.2) is 0 Å². The number of carbonyl (C=O) groups excluding carboxylic acids is 2. The number of nitrogens with one attached hydrogen (secondary N) is 1. The molecule has 0 aliphatic heterocycles. The molecule has 1 aliphatic rings. The van der Waals surface area contributed by atoms with Gasteiger partial charge in [0.2, 0.25) is 11.8 Å². The fourth-order valence-electron chi connectivity index (χ4n) is 3.86. The van der Waals surface area contributed by atoms with Crippen LogP contribution in [0.4, 0.5) is 0 Å². The molecular weight excluding hydrogens is 463 g/mol. The van der Waals surface area contributed by atoms with Crippen molar-refractivity contribution in [2.24, 2.45) is 0 Å². The summed E-state index contributed by atoms with van der Waals surface area (Å²) in [5, 5.41) is 4.51. The van der Waals surface area contributed by atoms with Crippen LogP contribution >= 0.6 is 35.0 Å². The Morgan fingerprint density at radius 2 is 1.53 bits per heavy atom. The average Bonchev–Trinajstić information content (AvgIpc) is 2.80. The van der Waals surface area contributed by atoms with Crippen LogP contribution in [-0.4, -0.2) is 34.6 Å². The molecule has 1 fully saturated rings. The van der Waals surface area contributed by atoms with Gasteiger partial charge in [-0.15, -0.1) is 11.8 Å². The number of thioether (sulfide) groups is 1. The summed E-state index contributed by atoms with van der Waals surface area (Å²) < 4.78 is 0. The minimum atomic E-state index is -0.545. The van der Waals surface area contributed by atoms with Gasteiger partial charge < -0.3 is 10.2 Å². The van der Waals surface area contributed by atoms with Gasteiger partial charge in [0.1, 0.15) is 6.04 Å². The zero-order chi connectivity index (χ0) is 22.9. The molecule has 0 aromatic heterocycles. The van der Waals surface area contributed by atoms with E-state index in [1.165, 1.54) is 18.2 Å². The van der Waals surface area contributed by atoms with E-state index in [1.54, 1.807) is 4.90 Å². The molecular formula is C25H30Cl2N2O2S. The Bertz CT molecular complexity index is 884. The highest BCUT2D eigenvalue weighted by atomic mass is 35.5. The molecule has 1 N–H and O–H groups in total. The second kappa shape index (κ2) is 12.5. The van der Waals surface area contributed by atoms with Crippen LogP contribution in [0.5, 0.6) is 0 Å². The molecule has 2 amide bonds. The van der Waals surface area contributed by atoms with Crippen molar-refractivity contribution in [3.63, 3.8) is 0 Å². The van der Waals surface area contributed by atoms with Crippen LogP contribution < -0.4 is 5.32 Å². The summed E-state index contributed by atoms with van der Waals surface area (Å²) >= 11 is 13.5. The quantitative estimate of drug-likeness (QED) is 0.460. The Morgan fingerprint density at radius 3 is 2.12 bits per heavy atom. The van der Waals surface area contributed by atoms with Gasteiger partial charge in [0.15, 0.2) is 0 Å². The molecule has 2 aromatic rings. The van der Waals surface area contributed by atoms with Gasteiger partial charge >= 0.3 is 0 Å². The molecule has 0 saturated heterocycles. The molecule has 1 saturated carbocycles. The Hall–Kier alpha value is -1.69. The standard InChI is InChI=1S/C25H30Cl2N2O2S/c1-18(25(31)28-23-5-3-2-4-6-23)29(15-19-7-11-21(26)12-8-19)24(30)17-32-16-20-9-13-22(27)14-10-20/h7-14,18,23H,2-6,15-17H2,1H3,(H,28,31). The summed E-state index contributed by atoms with van der Waals surface area (Å²) in [5.41, 5.74) is 2.06. The van der Waals surface area contributed by atoms with Gasteiger partial charge in [0.05, 0.1) is 5.75 Å². The second-order valence-electron chi connectivity index (χ2n) is 8.29. The maximum Gasteiger partial charge on any atom is 0.242 e. The minimum absolute atomic E-state index is 0.0507. The van der Waals surface area contributed by atoms with E-state index in [9.17, 15) is 9.59 Å². The third-order valence-electron chi connectivity index (χ3n) is 5.79. The molecule has 172 valence electrons. The van der Waals surface area contributed by atoms with E-state index in [1.807, 2.05) is 55.5 Å². The molecule has 0 bridgehead atoms. The molecule has 3 rings (SSSR count). The predicted octanol–water partition coefficient (Wildman–Crippen LogP) is 6.09. The van der Waals surface area contributed by atoms with Gasteiger partial charge in [0.25, 0.3) is 0 Å². The van der Waals surface area contributed by atoms with Crippen molar-refractivity contribution >= 4 is 46.8 Å². The summed E-state index contributed by atoms with van der Waals surface area (Å²) in [5.74, 6) is 0.879. The van der Waals surface area contributed by atoms with Crippen LogP contribution in [-0.2, 0) is 21.9 Å². The third-order valence-corrected chi connectivity index (χ3v) is 7.29. The van der Waals surface area contributed by atoms with Crippen LogP contribution in [0, 0.1) is 0 Å². The number of hydrogen-bond donors (Lipinski definition) is 1. The number of benzene rings is 2. The molecule has 0 heterocycles. The summed E-state index contributed by atoms with van der Waals surface area (Å²) in [6, 6.07) is 14.7. The molecule has 1 unspecified atom stereocenters. The molecule has 2 aromatic carbocycles. The molecule has 32 heavy (non-hydrogen) atoms. The topological polar surface area (TPSA) is 49.4 Å². The minimum Gasteiger partial charge on any atom is -0.352 e. The summed E-state index contributed by atoms with van der Waals surface area (Å²) in [7, 11) is 0. The van der Waals surface area contributed by atoms with Gasteiger partial charge in [0, 0.05) is 28.4 Å². The van der Waals surface area contributed by atoms with E-state index in [0.717, 1.165) is 36.8 Å². The first-order valence-electron chi connectivity index (χ1n) is 11.1. The lowest BCUT2D eigenvalue weighted by Gasteiger charge is -2.31. The van der Waals surface area contributed by atoms with Crippen molar-refractivity contribution in [1.29, 1.82) is 0 Å². The zero-order valence-corrected chi connectivity index (χ0v) is 20.7. The normalized spacial score (nSPS) is 15.2. The highest BCUT2D eigenvalue weighted by molar-refractivity contribution is 7.99. The monoisotopic (exact) mass is 492 g/mol. The first-order valence-corrected chi connectivity index (χ1v) is 13.0. The highest BCUT2D eigenvalue weighted by Gasteiger charge is 2.28. The van der Waals surface area contributed by atoms with Crippen LogP contribution in [0.15, 0.2) is 48.5 Å². The first kappa shape index (κ1) is 24.9. The van der Waals surface area contributed by atoms with Gasteiger partial charge in [-0.2, -0.15) is 0 Å². The van der Waals surface area contributed by atoms with Gasteiger partial charge in [-0.1, -0.05) is 66.7 Å². The Balaban J connectivity index is 1.64. The van der Waals surface area contributed by atoms with E-state index in [2.05, 4.69) is 5.32 Å². The van der Waals surface area contributed by atoms with Crippen molar-refractivity contribution in [2.75, 3.05) is 5.75 Å². The number of rotatable bonds is 9. The number of amides is 2. The summed E-state index contributed by atoms with van der Waals surface area (Å²) in [4.78, 5) is 27.8. The molecule has 4 nitrogen and oxygen atoms in total. The molecule has 1 atom stereocenters. The van der Waals surface area contributed by atoms with Crippen LogP contribution in [0.1, 0.15) is 50.2 Å². The molecule has 7 heteroatoms. The van der Waals surface area contributed by atoms with E-state index in [-0.39, 0.29) is 17.9 Å². The van der Waals surface area contributed by atoms with Gasteiger partial charge in [-0.05, 0) is 55.2 Å². The largest absolute Gasteiger partial charge is 0.352 e. The van der Waals surface area contributed by atoms with Crippen LogP contribution in [0.3, 0.4) is 0 Å². The maximum absolute atomic E-state index is 13.2. The van der Waals surface area contributed by atoms with Crippen molar-refractivity contribution in [3.05, 3.63) is 69.7 Å². The van der Waals surface area contributed by atoms with E-state index < -0.39 is 6.04 Å². The Labute approximate surface area is 205 Å². The fraction of sp³-hybridized carbons (Fsp3) is 0.440. The summed E-state index contributed by atoms with van der Waals surface area (Å²) in [6.07, 6.45) is 5.55. The number of hydrogen-bond acceptors (Lipinski definition) is 3. The van der Waals surface area contributed by atoms with Gasteiger partial charge in [-0.3, -0.25) is 9.59 Å². The van der Waals surface area contributed by atoms with E-state index in [0.29, 0.717) is 28.1 Å². The Kier molecular flexibility index (Phi) is 9.76. The van der Waals surface area contributed by atoms with E-state index >= 15 is 0 Å². The molecule has 0 spiro atoms. The average molecular weight is 494 g/mol. The van der Waals surface area contributed by atoms with Crippen molar-refractivity contribution in [1.82, 2.24) is 10.2 Å². The second-order valence-corrected chi connectivity index (χ2v) is 10.1. The smallest absolute Gasteiger partial charge is 0.242 e. The number of carbonyl (C=O) groups is 2. The number of nitrogens with zero attached hydrogens (tertiary/aromatic N) is 1.